The molecule has 0 saturated heterocycles. The molecule has 0 aliphatic heterocycles. The Hall–Kier alpha value is -5.71. The molecule has 48 heavy (non-hydrogen) atoms. The lowest BCUT2D eigenvalue weighted by Gasteiger charge is -2.16. The topological polar surface area (TPSA) is 153 Å². The van der Waals surface area contributed by atoms with Crippen LogP contribution < -0.4 is 24.8 Å². The molecular formula is C37H39N3O8. The fourth-order valence-electron chi connectivity index (χ4n) is 4.75. The van der Waals surface area contributed by atoms with Crippen molar-refractivity contribution in [3.63, 3.8) is 0 Å². The third-order valence-electron chi connectivity index (χ3n) is 7.43. The second kappa shape index (κ2) is 17.8. The Morgan fingerprint density at radius 3 is 2.10 bits per heavy atom. The molecule has 0 fully saturated rings. The van der Waals surface area contributed by atoms with E-state index >= 15 is 0 Å². The first kappa shape index (κ1) is 35.1. The number of hydrogen-bond donors (Lipinski definition) is 3. The van der Waals surface area contributed by atoms with Crippen LogP contribution in [0.1, 0.15) is 75.7 Å². The summed E-state index contributed by atoms with van der Waals surface area (Å²) in [6, 6.07) is 19.3. The smallest absolute Gasteiger partial charge is 0.343 e. The van der Waals surface area contributed by atoms with Crippen molar-refractivity contribution in [3.8, 4) is 17.2 Å². The van der Waals surface area contributed by atoms with Gasteiger partial charge in [0.2, 0.25) is 0 Å². The SMILES string of the molecule is CCCCCCCOc1ccc(C(=O)Oc2ccc(CC(NC(=O)c3ccc(NC(=O)c4ccncc4)cc3)C(=O)O)cc2OC)cc1. The number of pyridine rings is 1. The van der Waals surface area contributed by atoms with Crippen molar-refractivity contribution in [2.45, 2.75) is 51.5 Å². The van der Waals surface area contributed by atoms with E-state index in [0.717, 1.165) is 12.8 Å². The Bertz CT molecular complexity index is 1680. The predicted octanol–water partition coefficient (Wildman–Crippen LogP) is 6.34. The zero-order chi connectivity index (χ0) is 34.3. The van der Waals surface area contributed by atoms with Gasteiger partial charge in [0.05, 0.1) is 19.3 Å². The zero-order valence-corrected chi connectivity index (χ0v) is 26.9. The van der Waals surface area contributed by atoms with E-state index < -0.39 is 23.9 Å². The van der Waals surface area contributed by atoms with Crippen LogP contribution in [0, 0.1) is 0 Å². The third-order valence-corrected chi connectivity index (χ3v) is 7.43. The molecule has 3 N–H and O–H groups in total. The second-order valence-electron chi connectivity index (χ2n) is 11.0. The van der Waals surface area contributed by atoms with Gasteiger partial charge in [-0.1, -0.05) is 38.7 Å². The van der Waals surface area contributed by atoms with Crippen LogP contribution in [0.4, 0.5) is 5.69 Å². The van der Waals surface area contributed by atoms with Gasteiger partial charge in [-0.3, -0.25) is 14.6 Å². The van der Waals surface area contributed by atoms with Gasteiger partial charge in [-0.15, -0.1) is 0 Å². The fraction of sp³-hybridized carbons (Fsp3) is 0.270. The molecule has 1 aromatic heterocycles. The van der Waals surface area contributed by atoms with E-state index in [1.807, 2.05) is 0 Å². The molecule has 2 amide bonds. The Kier molecular flexibility index (Phi) is 13.1. The van der Waals surface area contributed by atoms with E-state index in [0.29, 0.717) is 34.7 Å². The standard InChI is InChI=1S/C37H39N3O8/c1-3-4-5-6-7-22-47-30-15-11-28(12-16-30)37(45)48-32-17-8-25(24-33(32)46-2)23-31(36(43)44)40-35(42)26-9-13-29(14-10-26)39-34(41)27-18-20-38-21-19-27/h8-21,24,31H,3-7,22-23H2,1-2H3,(H,39,41)(H,40,42)(H,43,44). The van der Waals surface area contributed by atoms with Crippen LogP contribution in [0.3, 0.4) is 0 Å². The van der Waals surface area contributed by atoms with Gasteiger partial charge >= 0.3 is 11.9 Å². The minimum absolute atomic E-state index is 0.0637. The van der Waals surface area contributed by atoms with Gasteiger partial charge in [0.1, 0.15) is 11.8 Å². The Morgan fingerprint density at radius 2 is 1.44 bits per heavy atom. The number of carboxylic acids is 1. The van der Waals surface area contributed by atoms with Gasteiger partial charge in [-0.2, -0.15) is 0 Å². The van der Waals surface area contributed by atoms with Gasteiger partial charge in [0.15, 0.2) is 11.5 Å². The van der Waals surface area contributed by atoms with E-state index in [2.05, 4.69) is 22.5 Å². The molecular weight excluding hydrogens is 614 g/mol. The van der Waals surface area contributed by atoms with Crippen molar-refractivity contribution in [2.24, 2.45) is 0 Å². The number of unbranched alkanes of at least 4 members (excludes halogenated alkanes) is 4. The number of nitrogens with zero attached hydrogens (tertiary/aromatic N) is 1. The van der Waals surface area contributed by atoms with Crippen LogP contribution in [-0.4, -0.2) is 53.6 Å². The Labute approximate surface area is 279 Å². The number of aromatic nitrogens is 1. The van der Waals surface area contributed by atoms with E-state index in [1.54, 1.807) is 60.7 Å². The highest BCUT2D eigenvalue weighted by atomic mass is 16.6. The molecule has 1 atom stereocenters. The maximum Gasteiger partial charge on any atom is 0.343 e. The molecule has 0 aliphatic rings. The largest absolute Gasteiger partial charge is 0.494 e. The van der Waals surface area contributed by atoms with Crippen LogP contribution >= 0.6 is 0 Å². The number of carbonyl (C=O) groups excluding carboxylic acids is 3. The van der Waals surface area contributed by atoms with Crippen LogP contribution in [0.15, 0.2) is 91.3 Å². The number of anilines is 1. The first-order chi connectivity index (χ1) is 23.3. The number of carboxylic acid groups (broad SMARTS) is 1. The van der Waals surface area contributed by atoms with Crippen molar-refractivity contribution in [1.82, 2.24) is 10.3 Å². The van der Waals surface area contributed by atoms with Gasteiger partial charge in [0, 0.05) is 35.6 Å². The summed E-state index contributed by atoms with van der Waals surface area (Å²) in [5.74, 6) is -1.70. The molecule has 0 aliphatic carbocycles. The van der Waals surface area contributed by atoms with Crippen molar-refractivity contribution < 1.29 is 38.5 Å². The van der Waals surface area contributed by atoms with E-state index in [4.69, 9.17) is 14.2 Å². The number of carbonyl (C=O) groups is 4. The van der Waals surface area contributed by atoms with Crippen LogP contribution in [-0.2, 0) is 11.2 Å². The van der Waals surface area contributed by atoms with Crippen LogP contribution in [0.2, 0.25) is 0 Å². The normalized spacial score (nSPS) is 11.2. The van der Waals surface area contributed by atoms with Crippen molar-refractivity contribution in [2.75, 3.05) is 19.0 Å². The molecule has 0 spiro atoms. The number of ether oxygens (including phenoxy) is 3. The molecule has 11 nitrogen and oxygen atoms in total. The lowest BCUT2D eigenvalue weighted by Crippen LogP contribution is -2.42. The van der Waals surface area contributed by atoms with Crippen molar-refractivity contribution >= 4 is 29.4 Å². The minimum Gasteiger partial charge on any atom is -0.494 e. The molecule has 1 heterocycles. The lowest BCUT2D eigenvalue weighted by atomic mass is 10.0. The Balaban J connectivity index is 1.32. The number of nitrogens with one attached hydrogen (secondary N) is 2. The summed E-state index contributed by atoms with van der Waals surface area (Å²) in [6.07, 6.45) is 8.66. The molecule has 4 aromatic rings. The number of esters is 1. The molecule has 0 saturated carbocycles. The highest BCUT2D eigenvalue weighted by Crippen LogP contribution is 2.30. The van der Waals surface area contributed by atoms with Crippen LogP contribution in [0.5, 0.6) is 17.2 Å². The Morgan fingerprint density at radius 1 is 0.771 bits per heavy atom. The lowest BCUT2D eigenvalue weighted by molar-refractivity contribution is -0.139. The number of hydrogen-bond acceptors (Lipinski definition) is 8. The summed E-state index contributed by atoms with van der Waals surface area (Å²) >= 11 is 0. The number of amides is 2. The molecule has 4 rings (SSSR count). The molecule has 11 heteroatoms. The maximum atomic E-state index is 12.9. The number of methoxy groups -OCH3 is 1. The van der Waals surface area contributed by atoms with E-state index in [-0.39, 0.29) is 29.4 Å². The summed E-state index contributed by atoms with van der Waals surface area (Å²) in [5.41, 5.74) is 1.97. The summed E-state index contributed by atoms with van der Waals surface area (Å²) in [5, 5.41) is 15.1. The molecule has 0 radical (unpaired) electrons. The van der Waals surface area contributed by atoms with E-state index in [1.165, 1.54) is 57.0 Å². The number of aliphatic carboxylic acids is 1. The molecule has 1 unspecified atom stereocenters. The number of benzene rings is 3. The van der Waals surface area contributed by atoms with Gasteiger partial charge < -0.3 is 30.0 Å². The fourth-order valence-corrected chi connectivity index (χ4v) is 4.75. The summed E-state index contributed by atoms with van der Waals surface area (Å²) < 4.78 is 16.7. The van der Waals surface area contributed by atoms with Crippen molar-refractivity contribution in [1.29, 1.82) is 0 Å². The van der Waals surface area contributed by atoms with Crippen molar-refractivity contribution in [3.05, 3.63) is 114 Å². The first-order valence-electron chi connectivity index (χ1n) is 15.7. The average molecular weight is 654 g/mol. The number of rotatable bonds is 17. The van der Waals surface area contributed by atoms with Gasteiger partial charge in [-0.25, -0.2) is 9.59 Å². The second-order valence-corrected chi connectivity index (χ2v) is 11.0. The van der Waals surface area contributed by atoms with Gasteiger partial charge in [-0.05, 0) is 84.8 Å². The van der Waals surface area contributed by atoms with Gasteiger partial charge in [0.25, 0.3) is 11.8 Å². The van der Waals surface area contributed by atoms with Crippen LogP contribution in [0.25, 0.3) is 0 Å². The first-order valence-corrected chi connectivity index (χ1v) is 15.7. The van der Waals surface area contributed by atoms with E-state index in [9.17, 15) is 24.3 Å². The highest BCUT2D eigenvalue weighted by Gasteiger charge is 2.23. The molecule has 3 aromatic carbocycles. The summed E-state index contributed by atoms with van der Waals surface area (Å²) in [4.78, 5) is 54.0. The maximum absolute atomic E-state index is 12.9. The molecule has 0 bridgehead atoms. The monoisotopic (exact) mass is 653 g/mol. The minimum atomic E-state index is -1.27. The highest BCUT2D eigenvalue weighted by molar-refractivity contribution is 6.04. The summed E-state index contributed by atoms with van der Waals surface area (Å²) in [7, 11) is 1.41. The summed E-state index contributed by atoms with van der Waals surface area (Å²) in [6.45, 7) is 2.79. The zero-order valence-electron chi connectivity index (χ0n) is 26.9. The third kappa shape index (κ3) is 10.4. The quantitative estimate of drug-likeness (QED) is 0.0673. The molecule has 250 valence electrons. The average Bonchev–Trinajstić information content (AvgIpc) is 3.10. The predicted molar refractivity (Wildman–Crippen MR) is 180 cm³/mol.